The maximum absolute atomic E-state index is 12.0. The summed E-state index contributed by atoms with van der Waals surface area (Å²) in [5, 5.41) is 10.4. The lowest BCUT2D eigenvalue weighted by Crippen LogP contribution is -2.59. The molecule has 4 heteroatoms. The number of carbonyl (C=O) groups is 2. The van der Waals surface area contributed by atoms with Gasteiger partial charge in [-0.05, 0) is 50.4 Å². The topological polar surface area (TPSA) is 80.4 Å². The largest absolute Gasteiger partial charge is 0.390 e. The lowest BCUT2D eigenvalue weighted by Gasteiger charge is -2.59. The van der Waals surface area contributed by atoms with Crippen LogP contribution >= 0.6 is 0 Å². The van der Waals surface area contributed by atoms with E-state index in [-0.39, 0.29) is 0 Å². The number of nitrogens with two attached hydrogens (primary N) is 1. The fourth-order valence-corrected chi connectivity index (χ4v) is 4.74. The predicted octanol–water partition coefficient (Wildman–Crippen LogP) is 0.372. The van der Waals surface area contributed by atoms with Gasteiger partial charge < -0.3 is 10.8 Å². The average molecular weight is 223 g/mol. The van der Waals surface area contributed by atoms with Gasteiger partial charge in [0.1, 0.15) is 0 Å². The smallest absolute Gasteiger partial charge is 0.285 e. The third kappa shape index (κ3) is 1.25. The van der Waals surface area contributed by atoms with Crippen LogP contribution in [0.3, 0.4) is 0 Å². The zero-order valence-electron chi connectivity index (χ0n) is 9.24. The van der Waals surface area contributed by atoms with Crippen molar-refractivity contribution in [2.45, 2.75) is 44.1 Å². The van der Waals surface area contributed by atoms with E-state index in [0.29, 0.717) is 18.3 Å². The van der Waals surface area contributed by atoms with Crippen molar-refractivity contribution in [3.8, 4) is 0 Å². The monoisotopic (exact) mass is 223 g/mol. The lowest BCUT2D eigenvalue weighted by molar-refractivity contribution is -0.178. The molecule has 4 nitrogen and oxygen atoms in total. The van der Waals surface area contributed by atoms with E-state index in [9.17, 15) is 14.7 Å². The lowest BCUT2D eigenvalue weighted by atomic mass is 9.47. The molecule has 0 heterocycles. The Morgan fingerprint density at radius 2 is 1.69 bits per heavy atom. The summed E-state index contributed by atoms with van der Waals surface area (Å²) < 4.78 is 0. The second-order valence-electron chi connectivity index (χ2n) is 6.16. The summed E-state index contributed by atoms with van der Waals surface area (Å²) in [5.41, 5.74) is 3.81. The molecule has 0 spiro atoms. The molecule has 4 rings (SSSR count). The van der Waals surface area contributed by atoms with Crippen molar-refractivity contribution in [1.82, 2.24) is 0 Å². The van der Waals surface area contributed by atoms with E-state index < -0.39 is 22.7 Å². The molecule has 4 aliphatic carbocycles. The van der Waals surface area contributed by atoms with Gasteiger partial charge in [-0.15, -0.1) is 0 Å². The van der Waals surface area contributed by atoms with Crippen molar-refractivity contribution < 1.29 is 14.7 Å². The highest BCUT2D eigenvalue weighted by Crippen LogP contribution is 2.61. The Hall–Kier alpha value is -0.900. The third-order valence-electron chi connectivity index (χ3n) is 4.74. The molecule has 0 aromatic carbocycles. The fraction of sp³-hybridized carbons (Fsp3) is 0.833. The Morgan fingerprint density at radius 3 is 2.12 bits per heavy atom. The van der Waals surface area contributed by atoms with Gasteiger partial charge in [0, 0.05) is 5.41 Å². The van der Waals surface area contributed by atoms with E-state index in [1.807, 2.05) is 0 Å². The minimum atomic E-state index is -0.828. The SMILES string of the molecule is NC(=O)C(=O)C12CC3CC(CC(O)(C3)C1)C2. The highest BCUT2D eigenvalue weighted by atomic mass is 16.3. The molecular weight excluding hydrogens is 206 g/mol. The van der Waals surface area contributed by atoms with Gasteiger partial charge in [0.15, 0.2) is 0 Å². The van der Waals surface area contributed by atoms with Gasteiger partial charge in [-0.25, -0.2) is 0 Å². The second-order valence-corrected chi connectivity index (χ2v) is 6.16. The average Bonchev–Trinajstić information content (AvgIpc) is 2.12. The van der Waals surface area contributed by atoms with Crippen LogP contribution in [-0.4, -0.2) is 22.4 Å². The number of hydrogen-bond acceptors (Lipinski definition) is 3. The van der Waals surface area contributed by atoms with E-state index in [2.05, 4.69) is 0 Å². The van der Waals surface area contributed by atoms with Crippen LogP contribution in [0.5, 0.6) is 0 Å². The maximum atomic E-state index is 12.0. The molecule has 4 bridgehead atoms. The van der Waals surface area contributed by atoms with E-state index >= 15 is 0 Å². The van der Waals surface area contributed by atoms with Crippen LogP contribution in [0.4, 0.5) is 0 Å². The number of carbonyl (C=O) groups excluding carboxylic acids is 2. The Balaban J connectivity index is 1.98. The van der Waals surface area contributed by atoms with Crippen LogP contribution in [0.15, 0.2) is 0 Å². The highest BCUT2D eigenvalue weighted by molar-refractivity contribution is 6.37. The van der Waals surface area contributed by atoms with Crippen LogP contribution in [0.25, 0.3) is 0 Å². The summed E-state index contributed by atoms with van der Waals surface area (Å²) in [7, 11) is 0. The van der Waals surface area contributed by atoms with Gasteiger partial charge in [-0.3, -0.25) is 9.59 Å². The number of hydrogen-bond donors (Lipinski definition) is 2. The summed E-state index contributed by atoms with van der Waals surface area (Å²) >= 11 is 0. The number of Topliss-reactive ketones (excluding diaryl/α,β-unsaturated/α-hetero) is 1. The van der Waals surface area contributed by atoms with Crippen LogP contribution in [0.2, 0.25) is 0 Å². The fourth-order valence-electron chi connectivity index (χ4n) is 4.74. The van der Waals surface area contributed by atoms with Gasteiger partial charge >= 0.3 is 0 Å². The minimum absolute atomic E-state index is 0.412. The van der Waals surface area contributed by atoms with Crippen molar-refractivity contribution in [2.24, 2.45) is 23.0 Å². The number of rotatable bonds is 2. The van der Waals surface area contributed by atoms with Gasteiger partial charge in [0.25, 0.3) is 5.91 Å². The van der Waals surface area contributed by atoms with Crippen molar-refractivity contribution in [3.05, 3.63) is 0 Å². The third-order valence-corrected chi connectivity index (χ3v) is 4.74. The molecule has 4 saturated carbocycles. The molecule has 3 N–H and O–H groups in total. The first-order valence-corrected chi connectivity index (χ1v) is 5.99. The van der Waals surface area contributed by atoms with E-state index in [1.54, 1.807) is 0 Å². The van der Waals surface area contributed by atoms with E-state index in [1.165, 1.54) is 0 Å². The first-order valence-electron chi connectivity index (χ1n) is 5.99. The summed E-state index contributed by atoms with van der Waals surface area (Å²) in [5.74, 6) is -0.449. The maximum Gasteiger partial charge on any atom is 0.285 e. The molecule has 0 radical (unpaired) electrons. The van der Waals surface area contributed by atoms with E-state index in [4.69, 9.17) is 5.73 Å². The van der Waals surface area contributed by atoms with Crippen molar-refractivity contribution >= 4 is 11.7 Å². The first-order chi connectivity index (χ1) is 7.42. The Morgan fingerprint density at radius 1 is 1.12 bits per heavy atom. The van der Waals surface area contributed by atoms with Gasteiger partial charge in [0.05, 0.1) is 5.60 Å². The van der Waals surface area contributed by atoms with Crippen LogP contribution in [-0.2, 0) is 9.59 Å². The molecule has 2 atom stereocenters. The van der Waals surface area contributed by atoms with Gasteiger partial charge in [-0.1, -0.05) is 0 Å². The zero-order valence-corrected chi connectivity index (χ0v) is 9.24. The second kappa shape index (κ2) is 2.86. The summed E-state index contributed by atoms with van der Waals surface area (Å²) in [6.45, 7) is 0. The molecule has 0 aromatic rings. The van der Waals surface area contributed by atoms with Crippen LogP contribution < -0.4 is 5.73 Å². The minimum Gasteiger partial charge on any atom is -0.390 e. The predicted molar refractivity (Wildman–Crippen MR) is 56.3 cm³/mol. The number of ketones is 1. The Labute approximate surface area is 94.2 Å². The molecular formula is C12H17NO3. The quantitative estimate of drug-likeness (QED) is 0.664. The molecule has 88 valence electrons. The van der Waals surface area contributed by atoms with E-state index in [0.717, 1.165) is 32.1 Å². The van der Waals surface area contributed by atoms with Gasteiger partial charge in [-0.2, -0.15) is 0 Å². The van der Waals surface area contributed by atoms with Gasteiger partial charge in [0.2, 0.25) is 5.78 Å². The molecule has 4 fully saturated rings. The molecule has 4 aliphatic rings. The first kappa shape index (κ1) is 10.3. The summed E-state index contributed by atoms with van der Waals surface area (Å²) in [6.07, 6.45) is 4.68. The number of aliphatic hydroxyl groups is 1. The molecule has 0 saturated heterocycles. The summed E-state index contributed by atoms with van der Waals surface area (Å²) in [4.78, 5) is 23.1. The Kier molecular flexibility index (Phi) is 1.83. The molecule has 2 unspecified atom stereocenters. The normalized spacial score (nSPS) is 49.3. The van der Waals surface area contributed by atoms with Crippen molar-refractivity contribution in [2.75, 3.05) is 0 Å². The van der Waals surface area contributed by atoms with Crippen molar-refractivity contribution in [3.63, 3.8) is 0 Å². The summed E-state index contributed by atoms with van der Waals surface area (Å²) in [6, 6.07) is 0. The zero-order chi connectivity index (χ0) is 11.6. The standard InChI is InChI=1S/C12H17NO3/c13-10(15)9(14)11-2-7-1-8(3-11)5-12(16,4-7)6-11/h7-8,16H,1-6H2,(H2,13,15). The van der Waals surface area contributed by atoms with Crippen LogP contribution in [0.1, 0.15) is 38.5 Å². The molecule has 0 aliphatic heterocycles. The van der Waals surface area contributed by atoms with Crippen molar-refractivity contribution in [1.29, 1.82) is 0 Å². The molecule has 16 heavy (non-hydrogen) atoms. The number of amides is 1. The Bertz CT molecular complexity index is 362. The van der Waals surface area contributed by atoms with Crippen LogP contribution in [0, 0.1) is 17.3 Å². The highest BCUT2D eigenvalue weighted by Gasteiger charge is 2.60. The molecule has 1 amide bonds. The number of primary amides is 1. The molecule has 0 aromatic heterocycles.